The number of amides is 1. The molecule has 1 fully saturated rings. The molecule has 0 radical (unpaired) electrons. The number of nitrogens with zero attached hydrogens (tertiary/aromatic N) is 3. The third kappa shape index (κ3) is 9.35. The van der Waals surface area contributed by atoms with Crippen molar-refractivity contribution in [2.75, 3.05) is 33.5 Å². The van der Waals surface area contributed by atoms with Gasteiger partial charge in [-0.3, -0.25) is 15.0 Å². The Balaban J connectivity index is 1.40. The molecule has 62 heavy (non-hydrogen) atoms. The topological polar surface area (TPSA) is 162 Å². The van der Waals surface area contributed by atoms with E-state index in [1.807, 2.05) is 49.4 Å². The molecule has 2 N–H and O–H groups in total. The van der Waals surface area contributed by atoms with E-state index in [0.717, 1.165) is 47.6 Å². The number of allylic oxidation sites excluding steroid dienone is 1. The molecule has 3 aliphatic rings. The number of aliphatic hydroxyl groups excluding tert-OH is 2. The first kappa shape index (κ1) is 44.3. The molecular weight excluding hydrogens is 791 g/mol. The summed E-state index contributed by atoms with van der Waals surface area (Å²) < 4.78 is 26.3. The fourth-order valence-corrected chi connectivity index (χ4v) is 9.71. The minimum Gasteiger partial charge on any atom is -0.459 e. The van der Waals surface area contributed by atoms with Crippen LogP contribution in [0.25, 0.3) is 10.8 Å². The summed E-state index contributed by atoms with van der Waals surface area (Å²) in [6, 6.07) is 25.5. The van der Waals surface area contributed by atoms with E-state index in [1.54, 1.807) is 23.1 Å². The number of hydrogen-bond acceptors (Lipinski definition) is 11. The quantitative estimate of drug-likeness (QED) is 0.0379. The van der Waals surface area contributed by atoms with Crippen LogP contribution in [0.15, 0.2) is 114 Å². The number of rotatable bonds is 20. The van der Waals surface area contributed by atoms with Crippen LogP contribution in [0.1, 0.15) is 75.3 Å². The normalized spacial score (nSPS) is 23.1. The maximum atomic E-state index is 13.9. The maximum Gasteiger partial charge on any atom is 0.409 e. The highest BCUT2D eigenvalue weighted by Gasteiger charge is 2.65. The number of carbonyl (C=O) groups is 1. The summed E-state index contributed by atoms with van der Waals surface area (Å²) in [4.78, 5) is 32.5. The van der Waals surface area contributed by atoms with Gasteiger partial charge in [-0.15, -0.1) is 6.58 Å². The fourth-order valence-electron chi connectivity index (χ4n) is 9.71. The van der Waals surface area contributed by atoms with Crippen molar-refractivity contribution >= 4 is 28.3 Å². The van der Waals surface area contributed by atoms with Gasteiger partial charge in [-0.2, -0.15) is 0 Å². The first-order valence-corrected chi connectivity index (χ1v) is 21.7. The number of hydrogen-bond donors (Lipinski definition) is 2. The van der Waals surface area contributed by atoms with Crippen molar-refractivity contribution in [3.8, 4) is 17.2 Å². The molecule has 0 aromatic heterocycles. The Labute approximate surface area is 362 Å². The number of nitro benzene ring substituents is 1. The van der Waals surface area contributed by atoms with E-state index in [9.17, 15) is 25.1 Å². The summed E-state index contributed by atoms with van der Waals surface area (Å²) in [5.74, 6) is -0.172. The van der Waals surface area contributed by atoms with Crippen LogP contribution in [-0.2, 0) is 20.9 Å². The monoisotopic (exact) mass is 847 g/mol. The van der Waals surface area contributed by atoms with Crippen LogP contribution in [0, 0.1) is 27.9 Å². The summed E-state index contributed by atoms with van der Waals surface area (Å²) >= 11 is 0. The van der Waals surface area contributed by atoms with Crippen LogP contribution in [0.3, 0.4) is 0 Å². The van der Waals surface area contributed by atoms with Crippen LogP contribution in [0.4, 0.5) is 10.5 Å². The zero-order valence-electron chi connectivity index (χ0n) is 35.5. The zero-order chi connectivity index (χ0) is 43.6. The van der Waals surface area contributed by atoms with Crippen LogP contribution in [0.5, 0.6) is 17.2 Å². The number of nitro groups is 1. The molecule has 4 aromatic carbocycles. The number of fused-ring (bicyclic) bond motifs is 3. The van der Waals surface area contributed by atoms with Crippen LogP contribution in [0.2, 0.25) is 0 Å². The number of carbonyl (C=O) groups excluding carboxylic acids is 1. The van der Waals surface area contributed by atoms with Crippen molar-refractivity contribution in [1.29, 1.82) is 0 Å². The zero-order valence-corrected chi connectivity index (χ0v) is 35.5. The standard InChI is InChI=1S/C49H57N3O10/c1-4-24-51(48(55)58-3)45-31-43(50-60-32-33-16-19-37(20-17-33)52(56)57)41-29-36(14-8-10-25-53)40(15-9-11-26-54)46-42-30-39(61-38-21-18-34-12-6-7-13-35(34)28-38)22-23-44(42)62-49(45,47(41)46)59-27-5-2/h5-7,12-13,16-23,28-30,36,40,45-47,53-54H,2,4,8-11,14-15,24-27,31-32H2,1,3H3/t36-,40+,45-,46+,47+,49+/m0/s1. The molecule has 1 aliphatic heterocycles. The molecule has 1 amide bonds. The molecule has 13 nitrogen and oxygen atoms in total. The second kappa shape index (κ2) is 20.4. The lowest BCUT2D eigenvalue weighted by Crippen LogP contribution is -2.70. The van der Waals surface area contributed by atoms with Gasteiger partial charge in [0.25, 0.3) is 5.69 Å². The summed E-state index contributed by atoms with van der Waals surface area (Å²) in [6.07, 6.45) is 8.72. The second-order valence-corrected chi connectivity index (χ2v) is 16.2. The average molecular weight is 848 g/mol. The molecular formula is C49H57N3O10. The number of non-ortho nitro benzene ring substituents is 1. The van der Waals surface area contributed by atoms with Gasteiger partial charge in [-0.25, -0.2) is 4.79 Å². The third-order valence-corrected chi connectivity index (χ3v) is 12.4. The van der Waals surface area contributed by atoms with E-state index >= 15 is 0 Å². The number of methoxy groups -OCH3 is 1. The Morgan fingerprint density at radius 1 is 0.984 bits per heavy atom. The van der Waals surface area contributed by atoms with E-state index in [-0.39, 0.29) is 56.3 Å². The number of ether oxygens (including phenoxy) is 4. The number of benzene rings is 4. The van der Waals surface area contributed by atoms with Crippen molar-refractivity contribution in [2.45, 2.75) is 82.6 Å². The third-order valence-electron chi connectivity index (χ3n) is 12.4. The lowest BCUT2D eigenvalue weighted by molar-refractivity contribution is -0.384. The first-order chi connectivity index (χ1) is 30.2. The smallest absolute Gasteiger partial charge is 0.409 e. The molecule has 1 saturated carbocycles. The first-order valence-electron chi connectivity index (χ1n) is 21.7. The molecule has 328 valence electrons. The van der Waals surface area contributed by atoms with Gasteiger partial charge in [-0.1, -0.05) is 67.4 Å². The molecule has 0 bridgehead atoms. The van der Waals surface area contributed by atoms with Gasteiger partial charge in [0.1, 0.15) is 29.9 Å². The number of oxime groups is 1. The SMILES string of the molecule is C=CCO[C@@]12Oc3ccc(Oc4ccc5ccccc5c4)cc3[C@H]3[C@H](CCCCO)[C@@H](CCCCO)C=C(C(=NOCc4ccc([N+](=O)[O-])cc4)C[C@@H]1N(CCC)C(=O)OC)[C@H]32. The molecule has 0 spiro atoms. The van der Waals surface area contributed by atoms with Gasteiger partial charge in [0.15, 0.2) is 0 Å². The van der Waals surface area contributed by atoms with Crippen molar-refractivity contribution in [1.82, 2.24) is 4.90 Å². The average Bonchev–Trinajstić information content (AvgIpc) is 3.29. The van der Waals surface area contributed by atoms with E-state index in [1.165, 1.54) is 19.2 Å². The Morgan fingerprint density at radius 2 is 1.71 bits per heavy atom. The van der Waals surface area contributed by atoms with Gasteiger partial charge < -0.3 is 34.0 Å². The largest absolute Gasteiger partial charge is 0.459 e. The summed E-state index contributed by atoms with van der Waals surface area (Å²) in [7, 11) is 1.37. The van der Waals surface area contributed by atoms with Crippen LogP contribution < -0.4 is 9.47 Å². The van der Waals surface area contributed by atoms with E-state index in [0.29, 0.717) is 54.3 Å². The predicted octanol–water partition coefficient (Wildman–Crippen LogP) is 9.85. The lowest BCUT2D eigenvalue weighted by Gasteiger charge is -2.59. The molecule has 4 aromatic rings. The molecule has 13 heteroatoms. The molecule has 6 atom stereocenters. The summed E-state index contributed by atoms with van der Waals surface area (Å²) in [5, 5.41) is 38.2. The van der Waals surface area contributed by atoms with Crippen molar-refractivity contribution in [2.24, 2.45) is 22.9 Å². The predicted molar refractivity (Wildman–Crippen MR) is 236 cm³/mol. The Bertz CT molecular complexity index is 2260. The molecule has 7 rings (SSSR count). The van der Waals surface area contributed by atoms with E-state index < -0.39 is 28.8 Å². The molecule has 1 heterocycles. The van der Waals surface area contributed by atoms with Crippen molar-refractivity contribution < 1.29 is 43.7 Å². The number of aliphatic hydroxyl groups is 2. The van der Waals surface area contributed by atoms with Gasteiger partial charge in [0.05, 0.1) is 30.3 Å². The van der Waals surface area contributed by atoms with Crippen molar-refractivity contribution in [3.63, 3.8) is 0 Å². The van der Waals surface area contributed by atoms with Gasteiger partial charge in [0.2, 0.25) is 5.79 Å². The second-order valence-electron chi connectivity index (χ2n) is 16.2. The summed E-state index contributed by atoms with van der Waals surface area (Å²) in [6.45, 7) is 6.69. The highest BCUT2D eigenvalue weighted by atomic mass is 16.7. The Hall–Kier alpha value is -5.76. The molecule has 0 saturated heterocycles. The van der Waals surface area contributed by atoms with Gasteiger partial charge in [0, 0.05) is 49.8 Å². The Morgan fingerprint density at radius 3 is 2.42 bits per heavy atom. The van der Waals surface area contributed by atoms with E-state index in [4.69, 9.17) is 28.9 Å². The lowest BCUT2D eigenvalue weighted by atomic mass is 9.55. The Kier molecular flexibility index (Phi) is 14.6. The highest BCUT2D eigenvalue weighted by Crippen LogP contribution is 2.62. The number of unbranched alkanes of at least 4 members (excludes halogenated alkanes) is 2. The fraction of sp³-hybridized carbons (Fsp3) is 0.429. The van der Waals surface area contributed by atoms with Gasteiger partial charge in [-0.05, 0) is 108 Å². The molecule has 0 unspecified atom stereocenters. The van der Waals surface area contributed by atoms with Gasteiger partial charge >= 0.3 is 6.09 Å². The molecule has 2 aliphatic carbocycles. The summed E-state index contributed by atoms with van der Waals surface area (Å²) in [5.41, 5.74) is 3.14. The van der Waals surface area contributed by atoms with Crippen LogP contribution in [-0.4, -0.2) is 77.1 Å². The van der Waals surface area contributed by atoms with E-state index in [2.05, 4.69) is 30.9 Å². The maximum absolute atomic E-state index is 13.9. The van der Waals surface area contributed by atoms with Crippen molar-refractivity contribution in [3.05, 3.63) is 130 Å². The highest BCUT2D eigenvalue weighted by molar-refractivity contribution is 6.03. The minimum atomic E-state index is -1.43. The minimum absolute atomic E-state index is 0.0209. The van der Waals surface area contributed by atoms with Crippen LogP contribution >= 0.6 is 0 Å².